The number of carbonyl (C=O) groups is 4. The van der Waals surface area contributed by atoms with Gasteiger partial charge in [-0.3, -0.25) is 0 Å². The summed E-state index contributed by atoms with van der Waals surface area (Å²) in [4.78, 5) is 66.2. The van der Waals surface area contributed by atoms with E-state index in [9.17, 15) is 27.2 Å². The maximum absolute atomic E-state index is 15.1. The predicted octanol–water partition coefficient (Wildman–Crippen LogP) is 2.04. The van der Waals surface area contributed by atoms with E-state index < -0.39 is 85.4 Å². The Labute approximate surface area is 391 Å². The molecule has 0 unspecified atom stereocenters. The Bertz CT molecular complexity index is 2270. The molecule has 3 N–H and O–H groups in total. The van der Waals surface area contributed by atoms with Crippen molar-refractivity contribution in [1.29, 1.82) is 0 Å². The summed E-state index contributed by atoms with van der Waals surface area (Å²) in [6.07, 6.45) is 11.5. The number of amides is 4. The molecule has 5 heterocycles. The van der Waals surface area contributed by atoms with Crippen LogP contribution in [0.5, 0.6) is 11.6 Å². The van der Waals surface area contributed by atoms with E-state index in [1.54, 1.807) is 13.0 Å². The summed E-state index contributed by atoms with van der Waals surface area (Å²) in [5.41, 5.74) is 1.49. The Morgan fingerprint density at radius 3 is 2.45 bits per heavy atom. The molecule has 15 nitrogen and oxygen atoms in total. The second-order valence-electron chi connectivity index (χ2n) is 19.5. The van der Waals surface area contributed by atoms with Crippen LogP contribution in [0.4, 0.5) is 9.18 Å². The second kappa shape index (κ2) is 19.1. The third kappa shape index (κ3) is 9.95. The van der Waals surface area contributed by atoms with Gasteiger partial charge >= 0.3 is 326 Å². The van der Waals surface area contributed by atoms with Crippen molar-refractivity contribution in [1.82, 2.24) is 30.1 Å². The fraction of sp³-hybridized carbons (Fsp3) is 0.681. The van der Waals surface area contributed by atoms with Crippen LogP contribution in [0.3, 0.4) is 0 Å². The fourth-order valence-electron chi connectivity index (χ4n) is 10.3. The zero-order valence-electron chi connectivity index (χ0n) is 37.2. The number of hydrogen-bond acceptors (Lipinski definition) is 11. The van der Waals surface area contributed by atoms with Gasteiger partial charge in [-0.25, -0.2) is 4.39 Å². The molecule has 3 saturated carbocycles. The molecule has 1 aromatic carbocycles. The van der Waals surface area contributed by atoms with Gasteiger partial charge in [0.25, 0.3) is 0 Å². The number of aromatic nitrogens is 1. The number of pyridine rings is 1. The molecular weight excluding hydrogens is 971 g/mol. The molecule has 6 fully saturated rings. The molecule has 7 atom stereocenters. The Balaban J connectivity index is 1.06. The van der Waals surface area contributed by atoms with E-state index in [4.69, 9.17) is 19.2 Å². The number of halogens is 2. The van der Waals surface area contributed by atoms with E-state index in [2.05, 4.69) is 26.8 Å². The maximum atomic E-state index is 15.1. The molecule has 4 amide bonds. The van der Waals surface area contributed by atoms with E-state index in [1.807, 2.05) is 24.3 Å². The van der Waals surface area contributed by atoms with Gasteiger partial charge in [0.1, 0.15) is 6.67 Å². The zero-order valence-corrected chi connectivity index (χ0v) is 40.2. The number of alkyl halides is 3. The van der Waals surface area contributed by atoms with Crippen molar-refractivity contribution in [2.45, 2.75) is 152 Å². The average Bonchev–Trinajstić information content (AvgIpc) is 4.26. The van der Waals surface area contributed by atoms with Crippen molar-refractivity contribution in [3.05, 3.63) is 42.5 Å². The number of piperidine rings is 1. The van der Waals surface area contributed by atoms with Crippen LogP contribution in [-0.2, 0) is 35.6 Å². The van der Waals surface area contributed by atoms with Crippen molar-refractivity contribution >= 4 is 44.7 Å². The number of fused-ring (bicyclic) bond motifs is 5. The normalized spacial score (nSPS) is 31.3. The molecular formula is C47H63FIN6O9S-. The van der Waals surface area contributed by atoms with Gasteiger partial charge in [-0.2, -0.15) is 0 Å². The van der Waals surface area contributed by atoms with Crippen molar-refractivity contribution in [2.75, 3.05) is 32.9 Å². The molecule has 2 bridgehead atoms. The summed E-state index contributed by atoms with van der Waals surface area (Å²) in [6.45, 7) is 6.94. The molecule has 3 saturated heterocycles. The number of benzene rings is 1. The first-order valence-corrected chi connectivity index (χ1v) is 27.6. The molecule has 2 aromatic rings. The third-order valence-electron chi connectivity index (χ3n) is 14.8. The summed E-state index contributed by atoms with van der Waals surface area (Å²) in [5.74, 6) is -0.689. The quantitative estimate of drug-likeness (QED) is 0.130. The summed E-state index contributed by atoms with van der Waals surface area (Å²) in [6, 6.07) is 5.70. The fourth-order valence-corrected chi connectivity index (χ4v) is 14.5. The number of carbonyl (C=O) groups excluding carboxylic acids is 4. The minimum atomic E-state index is -4.00. The molecule has 4 aliphatic heterocycles. The van der Waals surface area contributed by atoms with Crippen LogP contribution in [-0.4, -0.2) is 122 Å². The molecule has 1 aromatic heterocycles. The number of ether oxygens (including phenoxy) is 3. The van der Waals surface area contributed by atoms with E-state index in [1.165, 1.54) is 4.90 Å². The van der Waals surface area contributed by atoms with Gasteiger partial charge < -0.3 is 4.90 Å². The Morgan fingerprint density at radius 1 is 1.02 bits per heavy atom. The van der Waals surface area contributed by atoms with E-state index in [0.717, 1.165) is 101 Å². The van der Waals surface area contributed by atoms with Crippen LogP contribution in [0.15, 0.2) is 36.9 Å². The van der Waals surface area contributed by atoms with Crippen molar-refractivity contribution in [3.8, 4) is 11.6 Å². The Morgan fingerprint density at radius 2 is 1.74 bits per heavy atom. The number of rotatable bonds is 11. The number of hydrogen-bond donors (Lipinski definition) is 3. The van der Waals surface area contributed by atoms with E-state index in [0.29, 0.717) is 43.0 Å². The van der Waals surface area contributed by atoms with Gasteiger partial charge in [0, 0.05) is 19.6 Å². The van der Waals surface area contributed by atoms with Gasteiger partial charge in [0.2, 0.25) is 0 Å². The molecule has 9 rings (SSSR count). The first kappa shape index (κ1) is 46.3. The first-order chi connectivity index (χ1) is 31.3. The molecule has 18 heteroatoms. The number of alkyl carbamates (subject to hydrolysis) is 1. The third-order valence-corrected chi connectivity index (χ3v) is 20.8. The van der Waals surface area contributed by atoms with Crippen LogP contribution >= 0.6 is 0 Å². The molecule has 65 heavy (non-hydrogen) atoms. The number of para-hydroxylation sites is 1. The summed E-state index contributed by atoms with van der Waals surface area (Å²) in [7, 11) is -4.00. The number of sulfonamides is 1. The van der Waals surface area contributed by atoms with Crippen molar-refractivity contribution in [3.63, 3.8) is 0 Å². The predicted molar refractivity (Wildman–Crippen MR) is 236 cm³/mol. The minimum absolute atomic E-state index is 0.00932. The molecule has 356 valence electrons. The standard InChI is InChI=1S/C47H63FIN6O9S/c1-3-38-47(49-38,44(58)53-65(60,61)46(2)20-21-46)52-41(56)36-27-32-28-55(36)43(57)39(29-12-6-4-7-13-29)51-45(59)64-37-26-30(37)14-8-5-9-16-34-40(62-31-18-23-54(24-19-31)25-22-48)33-15-10-11-17-35(33)50-42(34)63-32/h3,10-11,15,17,29-32,36-39H,1,4-9,12-14,16,18-28H2,2H3,(H,51,59)(H,52,56)(H,53,58)/q-1/t30-,32-,36+,37-,38+,39+,47-/m1/s1. The summed E-state index contributed by atoms with van der Waals surface area (Å²) in [5, 5.41) is 6.77. The summed E-state index contributed by atoms with van der Waals surface area (Å²) < 4.78 is 58.9. The molecule has 0 radical (unpaired) electrons. The average molecular weight is 1030 g/mol. The first-order valence-electron chi connectivity index (χ1n) is 23.8. The monoisotopic (exact) mass is 1030 g/mol. The SMILES string of the molecule is C=C[C@@H]1[I-][C@]1(NC(=O)[C@@H]1C[C@@H]2CN1C(=O)[C@H](C1CCCCC1)NC(=O)O[C@@H]1C[C@H]1CCCCCc1c(nc3ccccc3c1OC1CCN(CCF)CC1)O2)C(=O)NS(=O)(=O)C1(C)CC1. The van der Waals surface area contributed by atoms with Gasteiger partial charge in [-0.1, -0.05) is 12.5 Å². The van der Waals surface area contributed by atoms with Crippen molar-refractivity contribution in [2.24, 2.45) is 11.8 Å². The van der Waals surface area contributed by atoms with E-state index >= 15 is 4.79 Å². The van der Waals surface area contributed by atoms with Crippen LogP contribution in [0.25, 0.3) is 10.9 Å². The number of nitrogens with zero attached hydrogens (tertiary/aromatic N) is 3. The Hall–Kier alpha value is -3.78. The summed E-state index contributed by atoms with van der Waals surface area (Å²) >= 11 is -1.08. The topological polar surface area (TPSA) is 186 Å². The molecule has 7 aliphatic rings. The second-order valence-corrected chi connectivity index (χ2v) is 25.3. The van der Waals surface area contributed by atoms with Crippen LogP contribution in [0.1, 0.15) is 109 Å². The van der Waals surface area contributed by atoms with Crippen LogP contribution < -0.4 is 46.0 Å². The zero-order chi connectivity index (χ0) is 45.5. The van der Waals surface area contributed by atoms with Gasteiger partial charge in [-0.15, -0.1) is 0 Å². The van der Waals surface area contributed by atoms with E-state index in [-0.39, 0.29) is 43.7 Å². The van der Waals surface area contributed by atoms with Gasteiger partial charge in [-0.05, 0) is 19.3 Å². The van der Waals surface area contributed by atoms with Crippen molar-refractivity contribution < 1.29 is 67.4 Å². The number of nitrogens with one attached hydrogen (secondary N) is 3. The molecule has 3 aliphatic carbocycles. The number of likely N-dealkylation sites (tertiary alicyclic amines) is 1. The Kier molecular flexibility index (Phi) is 13.6. The van der Waals surface area contributed by atoms with Gasteiger partial charge in [0.15, 0.2) is 0 Å². The van der Waals surface area contributed by atoms with Gasteiger partial charge in [0.05, 0.1) is 0 Å². The van der Waals surface area contributed by atoms with Crippen LogP contribution in [0.2, 0.25) is 0 Å². The molecule has 0 spiro atoms. The van der Waals surface area contributed by atoms with Crippen LogP contribution in [0, 0.1) is 11.8 Å².